The van der Waals surface area contributed by atoms with Crippen molar-refractivity contribution in [2.24, 2.45) is 0 Å². The third kappa shape index (κ3) is 2.71. The number of rotatable bonds is 4. The molecule has 1 aromatic heterocycles. The van der Waals surface area contributed by atoms with Crippen LogP contribution < -0.4 is 5.32 Å². The lowest BCUT2D eigenvalue weighted by atomic mass is 10.1. The number of nitrogens with zero attached hydrogens (tertiary/aromatic N) is 2. The van der Waals surface area contributed by atoms with Gasteiger partial charge in [-0.05, 0) is 45.1 Å². The van der Waals surface area contributed by atoms with Gasteiger partial charge >= 0.3 is 0 Å². The Kier molecular flexibility index (Phi) is 4.21. The average Bonchev–Trinajstić information content (AvgIpc) is 3.03. The Morgan fingerprint density at radius 3 is 2.79 bits per heavy atom. The van der Waals surface area contributed by atoms with Gasteiger partial charge in [-0.15, -0.1) is 0 Å². The Bertz CT molecular complexity index is 404. The third-order valence-electron chi connectivity index (χ3n) is 4.77. The Labute approximate surface area is 116 Å². The van der Waals surface area contributed by atoms with Gasteiger partial charge in [-0.3, -0.25) is 4.68 Å². The Hall–Kier alpha value is -0.830. The van der Waals surface area contributed by atoms with Crippen molar-refractivity contribution in [1.29, 1.82) is 0 Å². The first-order valence-corrected chi connectivity index (χ1v) is 8.19. The van der Waals surface area contributed by atoms with E-state index in [1.165, 1.54) is 69.0 Å². The van der Waals surface area contributed by atoms with Gasteiger partial charge in [-0.1, -0.05) is 26.2 Å². The topological polar surface area (TPSA) is 29.9 Å². The summed E-state index contributed by atoms with van der Waals surface area (Å²) in [5.74, 6) is 0. The lowest BCUT2D eigenvalue weighted by molar-refractivity contribution is 0.447. The molecule has 19 heavy (non-hydrogen) atoms. The molecule has 0 aromatic carbocycles. The van der Waals surface area contributed by atoms with Crippen molar-refractivity contribution in [3.63, 3.8) is 0 Å². The number of aromatic nitrogens is 2. The van der Waals surface area contributed by atoms with Gasteiger partial charge in [0.2, 0.25) is 0 Å². The van der Waals surface area contributed by atoms with Gasteiger partial charge in [0.1, 0.15) is 0 Å². The van der Waals surface area contributed by atoms with Crippen molar-refractivity contribution < 1.29 is 0 Å². The van der Waals surface area contributed by atoms with E-state index in [9.17, 15) is 0 Å². The molecule has 0 aliphatic heterocycles. The fourth-order valence-electron chi connectivity index (χ4n) is 3.74. The van der Waals surface area contributed by atoms with Crippen LogP contribution in [0.15, 0.2) is 6.20 Å². The van der Waals surface area contributed by atoms with Gasteiger partial charge < -0.3 is 5.32 Å². The molecule has 1 N–H and O–H groups in total. The van der Waals surface area contributed by atoms with E-state index in [2.05, 4.69) is 23.1 Å². The van der Waals surface area contributed by atoms with E-state index in [0.717, 1.165) is 6.54 Å². The molecule has 0 saturated heterocycles. The number of nitrogens with one attached hydrogen (secondary N) is 1. The molecule has 1 heterocycles. The molecule has 1 saturated carbocycles. The van der Waals surface area contributed by atoms with E-state index >= 15 is 0 Å². The Morgan fingerprint density at radius 1 is 1.21 bits per heavy atom. The minimum absolute atomic E-state index is 0.549. The van der Waals surface area contributed by atoms with Gasteiger partial charge in [-0.25, -0.2) is 0 Å². The van der Waals surface area contributed by atoms with Crippen LogP contribution in [0.3, 0.4) is 0 Å². The number of fused-ring (bicyclic) bond motifs is 1. The molecule has 1 atom stereocenters. The summed E-state index contributed by atoms with van der Waals surface area (Å²) < 4.78 is 2.38. The van der Waals surface area contributed by atoms with E-state index in [1.54, 1.807) is 0 Å². The van der Waals surface area contributed by atoms with Gasteiger partial charge in [-0.2, -0.15) is 5.10 Å². The molecule has 106 valence electrons. The summed E-state index contributed by atoms with van der Waals surface area (Å²) in [7, 11) is 0. The first-order chi connectivity index (χ1) is 9.40. The summed E-state index contributed by atoms with van der Waals surface area (Å²) >= 11 is 0. The highest BCUT2D eigenvalue weighted by Gasteiger charge is 2.26. The normalized spacial score (nSPS) is 24.4. The molecular formula is C16H27N3. The van der Waals surface area contributed by atoms with Crippen molar-refractivity contribution >= 4 is 0 Å². The van der Waals surface area contributed by atoms with Crippen molar-refractivity contribution in [1.82, 2.24) is 15.1 Å². The maximum atomic E-state index is 4.76. The maximum absolute atomic E-state index is 4.76. The maximum Gasteiger partial charge on any atom is 0.0540 e. The third-order valence-corrected chi connectivity index (χ3v) is 4.77. The fraction of sp³-hybridized carbons (Fsp3) is 0.812. The zero-order valence-electron chi connectivity index (χ0n) is 12.2. The summed E-state index contributed by atoms with van der Waals surface area (Å²) in [5.41, 5.74) is 3.04. The van der Waals surface area contributed by atoms with E-state index in [1.807, 2.05) is 0 Å². The van der Waals surface area contributed by atoms with Crippen LogP contribution in [-0.4, -0.2) is 16.3 Å². The molecule has 3 nitrogen and oxygen atoms in total. The quantitative estimate of drug-likeness (QED) is 0.836. The summed E-state index contributed by atoms with van der Waals surface area (Å²) in [4.78, 5) is 0. The fourth-order valence-corrected chi connectivity index (χ4v) is 3.74. The van der Waals surface area contributed by atoms with E-state index < -0.39 is 0 Å². The van der Waals surface area contributed by atoms with Crippen LogP contribution in [0, 0.1) is 0 Å². The molecule has 2 aliphatic carbocycles. The van der Waals surface area contributed by atoms with Gasteiger partial charge in [0, 0.05) is 17.3 Å². The van der Waals surface area contributed by atoms with Crippen molar-refractivity contribution in [2.75, 3.05) is 6.54 Å². The molecule has 1 aromatic rings. The second-order valence-electron chi connectivity index (χ2n) is 6.18. The van der Waals surface area contributed by atoms with Crippen molar-refractivity contribution in [2.45, 2.75) is 76.8 Å². The molecule has 2 aliphatic rings. The monoisotopic (exact) mass is 261 g/mol. The summed E-state index contributed by atoms with van der Waals surface area (Å²) in [6, 6.07) is 1.24. The Morgan fingerprint density at radius 2 is 2.00 bits per heavy atom. The van der Waals surface area contributed by atoms with Gasteiger partial charge in [0.15, 0.2) is 0 Å². The zero-order chi connectivity index (χ0) is 13.1. The van der Waals surface area contributed by atoms with Gasteiger partial charge in [0.25, 0.3) is 0 Å². The molecule has 1 unspecified atom stereocenters. The molecule has 0 amide bonds. The predicted octanol–water partition coefficient (Wildman–Crippen LogP) is 3.77. The van der Waals surface area contributed by atoms with E-state index in [0.29, 0.717) is 12.1 Å². The van der Waals surface area contributed by atoms with E-state index in [-0.39, 0.29) is 0 Å². The number of hydrogen-bond donors (Lipinski definition) is 1. The van der Waals surface area contributed by atoms with Crippen LogP contribution in [0.1, 0.15) is 81.6 Å². The van der Waals surface area contributed by atoms with Crippen LogP contribution >= 0.6 is 0 Å². The second-order valence-corrected chi connectivity index (χ2v) is 6.18. The van der Waals surface area contributed by atoms with Gasteiger partial charge in [0.05, 0.1) is 12.2 Å². The minimum atomic E-state index is 0.549. The molecule has 0 radical (unpaired) electrons. The van der Waals surface area contributed by atoms with E-state index in [4.69, 9.17) is 5.10 Å². The number of hydrogen-bond acceptors (Lipinski definition) is 2. The Balaban J connectivity index is 1.84. The molecule has 3 heteroatoms. The SMILES string of the molecule is CCCNC1CCCCc2c1cnn2C1CCCC1. The summed E-state index contributed by atoms with van der Waals surface area (Å²) in [6.07, 6.45) is 14.0. The molecule has 0 spiro atoms. The standard InChI is InChI=1S/C16H27N3/c1-2-11-17-15-9-5-6-10-16-14(15)12-18-19(16)13-7-3-4-8-13/h12-13,15,17H,2-11H2,1H3. The van der Waals surface area contributed by atoms with Crippen LogP contribution in [0.4, 0.5) is 0 Å². The molecule has 0 bridgehead atoms. The first kappa shape index (κ1) is 13.2. The van der Waals surface area contributed by atoms with Crippen LogP contribution in [0.25, 0.3) is 0 Å². The second kappa shape index (κ2) is 6.08. The minimum Gasteiger partial charge on any atom is -0.310 e. The van der Waals surface area contributed by atoms with Crippen LogP contribution in [-0.2, 0) is 6.42 Å². The highest BCUT2D eigenvalue weighted by atomic mass is 15.3. The predicted molar refractivity (Wildman–Crippen MR) is 78.3 cm³/mol. The van der Waals surface area contributed by atoms with Crippen molar-refractivity contribution in [3.05, 3.63) is 17.5 Å². The molecular weight excluding hydrogens is 234 g/mol. The lowest BCUT2D eigenvalue weighted by Crippen LogP contribution is -2.22. The summed E-state index contributed by atoms with van der Waals surface area (Å²) in [5, 5.41) is 8.47. The molecule has 1 fully saturated rings. The summed E-state index contributed by atoms with van der Waals surface area (Å²) in [6.45, 7) is 3.37. The molecule has 3 rings (SSSR count). The van der Waals surface area contributed by atoms with Crippen LogP contribution in [0.2, 0.25) is 0 Å². The van der Waals surface area contributed by atoms with Crippen LogP contribution in [0.5, 0.6) is 0 Å². The zero-order valence-corrected chi connectivity index (χ0v) is 12.2. The highest BCUT2D eigenvalue weighted by Crippen LogP contribution is 2.35. The first-order valence-electron chi connectivity index (χ1n) is 8.19. The smallest absolute Gasteiger partial charge is 0.0540 e. The lowest BCUT2D eigenvalue weighted by Gasteiger charge is -2.18. The largest absolute Gasteiger partial charge is 0.310 e. The average molecular weight is 261 g/mol. The van der Waals surface area contributed by atoms with Crippen molar-refractivity contribution in [3.8, 4) is 0 Å². The highest BCUT2D eigenvalue weighted by molar-refractivity contribution is 5.24.